The lowest BCUT2D eigenvalue weighted by atomic mass is 10.3. The molecule has 0 saturated carbocycles. The molecular formula is C18H19N5O3S. The van der Waals surface area contributed by atoms with E-state index >= 15 is 0 Å². The third-order valence-electron chi connectivity index (χ3n) is 3.50. The number of aromatic amines is 1. The molecule has 2 heterocycles. The molecule has 27 heavy (non-hydrogen) atoms. The first-order chi connectivity index (χ1) is 13.3. The Kier molecular flexibility index (Phi) is 6.64. The van der Waals surface area contributed by atoms with Gasteiger partial charge in [-0.1, -0.05) is 23.9 Å². The number of aromatic nitrogens is 4. The molecule has 0 aliphatic heterocycles. The topological polar surface area (TPSA) is 102 Å². The summed E-state index contributed by atoms with van der Waals surface area (Å²) in [6.07, 6.45) is 3.37. The van der Waals surface area contributed by atoms with Crippen LogP contribution in [0.3, 0.4) is 0 Å². The van der Waals surface area contributed by atoms with Crippen LogP contribution in [0, 0.1) is 0 Å². The molecule has 1 aromatic carbocycles. The van der Waals surface area contributed by atoms with Gasteiger partial charge in [0.2, 0.25) is 11.1 Å². The zero-order chi connectivity index (χ0) is 18.9. The Morgan fingerprint density at radius 3 is 2.74 bits per heavy atom. The van der Waals surface area contributed by atoms with E-state index < -0.39 is 0 Å². The molecule has 3 rings (SSSR count). The Morgan fingerprint density at radius 2 is 1.96 bits per heavy atom. The first-order valence-electron chi connectivity index (χ1n) is 8.24. The maximum atomic E-state index is 11.9. The average molecular weight is 385 g/mol. The molecule has 0 saturated heterocycles. The van der Waals surface area contributed by atoms with E-state index in [-0.39, 0.29) is 11.7 Å². The second-order valence-electron chi connectivity index (χ2n) is 5.34. The first kappa shape index (κ1) is 18.7. The number of ether oxygens (including phenoxy) is 2. The summed E-state index contributed by atoms with van der Waals surface area (Å²) in [6.45, 7) is 0.747. The van der Waals surface area contributed by atoms with Gasteiger partial charge in [0.15, 0.2) is 17.3 Å². The van der Waals surface area contributed by atoms with Gasteiger partial charge in [0.1, 0.15) is 6.61 Å². The van der Waals surface area contributed by atoms with Crippen molar-refractivity contribution < 1.29 is 14.3 Å². The van der Waals surface area contributed by atoms with E-state index in [0.29, 0.717) is 35.6 Å². The highest BCUT2D eigenvalue weighted by molar-refractivity contribution is 7.99. The van der Waals surface area contributed by atoms with Crippen LogP contribution < -0.4 is 14.8 Å². The van der Waals surface area contributed by atoms with Crippen molar-refractivity contribution in [2.75, 3.05) is 26.0 Å². The van der Waals surface area contributed by atoms with Crippen molar-refractivity contribution in [1.82, 2.24) is 25.5 Å². The van der Waals surface area contributed by atoms with Crippen LogP contribution in [-0.2, 0) is 4.79 Å². The van der Waals surface area contributed by atoms with Gasteiger partial charge in [0.05, 0.1) is 19.4 Å². The number of pyridine rings is 1. The molecule has 1 amide bonds. The third-order valence-corrected chi connectivity index (χ3v) is 4.35. The number of nitrogens with zero attached hydrogens (tertiary/aromatic N) is 3. The van der Waals surface area contributed by atoms with Gasteiger partial charge >= 0.3 is 0 Å². The molecular weight excluding hydrogens is 366 g/mol. The number of carbonyl (C=O) groups is 1. The predicted molar refractivity (Wildman–Crippen MR) is 102 cm³/mol. The van der Waals surface area contributed by atoms with Crippen LogP contribution in [0.4, 0.5) is 0 Å². The summed E-state index contributed by atoms with van der Waals surface area (Å²) in [5.74, 6) is 2.06. The number of thioether (sulfide) groups is 1. The SMILES string of the molecule is COc1ccccc1OCCNC(=O)CSc1n[nH]c(-c2ccncc2)n1. The quantitative estimate of drug-likeness (QED) is 0.430. The number of carbonyl (C=O) groups excluding carboxylic acids is 1. The molecule has 0 aliphatic carbocycles. The Hall–Kier alpha value is -3.07. The fourth-order valence-corrected chi connectivity index (χ4v) is 2.85. The van der Waals surface area contributed by atoms with Crippen LogP contribution in [0.25, 0.3) is 11.4 Å². The summed E-state index contributed by atoms with van der Waals surface area (Å²) < 4.78 is 10.8. The molecule has 0 atom stereocenters. The van der Waals surface area contributed by atoms with Crippen molar-refractivity contribution in [3.63, 3.8) is 0 Å². The van der Waals surface area contributed by atoms with Crippen molar-refractivity contribution in [3.05, 3.63) is 48.8 Å². The van der Waals surface area contributed by atoms with Gasteiger partial charge in [-0.25, -0.2) is 4.98 Å². The standard InChI is InChI=1S/C18H19N5O3S/c1-25-14-4-2-3-5-15(14)26-11-10-20-16(24)12-27-18-21-17(22-23-18)13-6-8-19-9-7-13/h2-9H,10-12H2,1H3,(H,20,24)(H,21,22,23). The molecule has 2 aromatic heterocycles. The van der Waals surface area contributed by atoms with Crippen molar-refractivity contribution >= 4 is 17.7 Å². The summed E-state index contributed by atoms with van der Waals surface area (Å²) in [7, 11) is 1.59. The minimum atomic E-state index is -0.112. The number of methoxy groups -OCH3 is 1. The number of nitrogens with one attached hydrogen (secondary N) is 2. The number of hydrogen-bond acceptors (Lipinski definition) is 7. The van der Waals surface area contributed by atoms with Gasteiger partial charge in [-0.2, -0.15) is 0 Å². The molecule has 140 valence electrons. The Morgan fingerprint density at radius 1 is 1.19 bits per heavy atom. The fourth-order valence-electron chi connectivity index (χ4n) is 2.22. The van der Waals surface area contributed by atoms with Crippen LogP contribution >= 0.6 is 11.8 Å². The van der Waals surface area contributed by atoms with Crippen LogP contribution in [0.1, 0.15) is 0 Å². The molecule has 3 aromatic rings. The lowest BCUT2D eigenvalue weighted by molar-refractivity contribution is -0.118. The summed E-state index contributed by atoms with van der Waals surface area (Å²) in [4.78, 5) is 20.3. The van der Waals surface area contributed by atoms with Gasteiger partial charge in [0, 0.05) is 18.0 Å². The lowest BCUT2D eigenvalue weighted by Crippen LogP contribution is -2.29. The summed E-state index contributed by atoms with van der Waals surface area (Å²) in [6, 6.07) is 11.0. The zero-order valence-electron chi connectivity index (χ0n) is 14.7. The van der Waals surface area contributed by atoms with Gasteiger partial charge in [0.25, 0.3) is 0 Å². The van der Waals surface area contributed by atoms with E-state index in [1.807, 2.05) is 36.4 Å². The molecule has 8 nitrogen and oxygen atoms in total. The molecule has 0 bridgehead atoms. The maximum absolute atomic E-state index is 11.9. The molecule has 2 N–H and O–H groups in total. The molecule has 0 aliphatic rings. The molecule has 0 unspecified atom stereocenters. The second-order valence-corrected chi connectivity index (χ2v) is 6.28. The Labute approximate surface area is 160 Å². The normalized spacial score (nSPS) is 10.4. The number of benzene rings is 1. The number of rotatable bonds is 9. The van der Waals surface area contributed by atoms with Crippen molar-refractivity contribution in [2.45, 2.75) is 5.16 Å². The number of amides is 1. The van der Waals surface area contributed by atoms with E-state index in [2.05, 4.69) is 25.5 Å². The van der Waals surface area contributed by atoms with Crippen molar-refractivity contribution in [2.24, 2.45) is 0 Å². The Balaban J connectivity index is 1.38. The van der Waals surface area contributed by atoms with Crippen LogP contribution in [-0.4, -0.2) is 52.1 Å². The predicted octanol–water partition coefficient (Wildman–Crippen LogP) is 2.16. The van der Waals surface area contributed by atoms with Crippen LogP contribution in [0.2, 0.25) is 0 Å². The Bertz CT molecular complexity index is 872. The van der Waals surface area contributed by atoms with Gasteiger partial charge < -0.3 is 14.8 Å². The minimum absolute atomic E-state index is 0.112. The second kappa shape index (κ2) is 9.58. The van der Waals surface area contributed by atoms with E-state index in [0.717, 1.165) is 5.56 Å². The molecule has 0 spiro atoms. The van der Waals surface area contributed by atoms with Crippen LogP contribution in [0.15, 0.2) is 53.9 Å². The third kappa shape index (κ3) is 5.45. The van der Waals surface area contributed by atoms with Gasteiger partial charge in [-0.05, 0) is 24.3 Å². The number of H-pyrrole nitrogens is 1. The van der Waals surface area contributed by atoms with E-state index in [1.165, 1.54) is 11.8 Å². The van der Waals surface area contributed by atoms with E-state index in [1.54, 1.807) is 19.5 Å². The largest absolute Gasteiger partial charge is 0.493 e. The number of hydrogen-bond donors (Lipinski definition) is 2. The highest BCUT2D eigenvalue weighted by atomic mass is 32.2. The van der Waals surface area contributed by atoms with E-state index in [4.69, 9.17) is 9.47 Å². The maximum Gasteiger partial charge on any atom is 0.230 e. The monoisotopic (exact) mass is 385 g/mol. The summed E-state index contributed by atoms with van der Waals surface area (Å²) in [5.41, 5.74) is 0.891. The summed E-state index contributed by atoms with van der Waals surface area (Å²) >= 11 is 1.26. The van der Waals surface area contributed by atoms with Crippen molar-refractivity contribution in [1.29, 1.82) is 0 Å². The molecule has 9 heteroatoms. The highest BCUT2D eigenvalue weighted by Crippen LogP contribution is 2.25. The number of para-hydroxylation sites is 2. The van der Waals surface area contributed by atoms with E-state index in [9.17, 15) is 4.79 Å². The summed E-state index contributed by atoms with van der Waals surface area (Å²) in [5, 5.41) is 10.3. The molecule has 0 radical (unpaired) electrons. The lowest BCUT2D eigenvalue weighted by Gasteiger charge is -2.10. The van der Waals surface area contributed by atoms with Crippen LogP contribution in [0.5, 0.6) is 11.5 Å². The fraction of sp³-hybridized carbons (Fsp3) is 0.222. The molecule has 0 fully saturated rings. The smallest absolute Gasteiger partial charge is 0.230 e. The first-order valence-corrected chi connectivity index (χ1v) is 9.23. The van der Waals surface area contributed by atoms with Crippen molar-refractivity contribution in [3.8, 4) is 22.9 Å². The van der Waals surface area contributed by atoms with Gasteiger partial charge in [-0.3, -0.25) is 14.9 Å². The zero-order valence-corrected chi connectivity index (χ0v) is 15.5. The highest BCUT2D eigenvalue weighted by Gasteiger charge is 2.09. The van der Waals surface area contributed by atoms with Gasteiger partial charge in [-0.15, -0.1) is 5.10 Å². The minimum Gasteiger partial charge on any atom is -0.493 e. The average Bonchev–Trinajstić information content (AvgIpc) is 3.20.